The molecule has 0 saturated heterocycles. The number of rotatable bonds is 6. The molecule has 0 fully saturated rings. The Morgan fingerprint density at radius 2 is 1.72 bits per heavy atom. The van der Waals surface area contributed by atoms with Gasteiger partial charge in [0.2, 0.25) is 0 Å². The van der Waals surface area contributed by atoms with E-state index in [9.17, 15) is 4.79 Å². The number of hydrogen-bond acceptors (Lipinski definition) is 1. The SMILES string of the molecule is CCCc1c(C(=O)C(C)C)c2c(C)cccc2n1Cc1ccc2ccccc2c1. The highest BCUT2D eigenvalue weighted by Crippen LogP contribution is 2.33. The Bertz CT molecular complexity index is 1200. The van der Waals surface area contributed by atoms with Crippen molar-refractivity contribution in [1.29, 1.82) is 0 Å². The summed E-state index contributed by atoms with van der Waals surface area (Å²) in [5.41, 5.74) is 5.74. The van der Waals surface area contributed by atoms with E-state index in [1.165, 1.54) is 33.1 Å². The van der Waals surface area contributed by atoms with E-state index in [1.807, 2.05) is 13.8 Å². The first-order chi connectivity index (χ1) is 14.0. The normalized spacial score (nSPS) is 11.6. The van der Waals surface area contributed by atoms with E-state index in [2.05, 4.69) is 79.1 Å². The van der Waals surface area contributed by atoms with Crippen LogP contribution in [-0.2, 0) is 13.0 Å². The predicted molar refractivity (Wildman–Crippen MR) is 123 cm³/mol. The highest BCUT2D eigenvalue weighted by molar-refractivity contribution is 6.11. The van der Waals surface area contributed by atoms with Crippen LogP contribution < -0.4 is 0 Å². The van der Waals surface area contributed by atoms with Crippen molar-refractivity contribution in [3.8, 4) is 0 Å². The van der Waals surface area contributed by atoms with Crippen LogP contribution in [0, 0.1) is 12.8 Å². The van der Waals surface area contributed by atoms with Crippen LogP contribution in [0.1, 0.15) is 54.4 Å². The fourth-order valence-electron chi connectivity index (χ4n) is 4.38. The molecule has 0 aliphatic carbocycles. The summed E-state index contributed by atoms with van der Waals surface area (Å²) >= 11 is 0. The monoisotopic (exact) mass is 383 g/mol. The number of carbonyl (C=O) groups excluding carboxylic acids is 1. The van der Waals surface area contributed by atoms with E-state index in [1.54, 1.807) is 0 Å². The van der Waals surface area contributed by atoms with Crippen LogP contribution in [0.4, 0.5) is 0 Å². The van der Waals surface area contributed by atoms with Gasteiger partial charge < -0.3 is 4.57 Å². The molecule has 0 spiro atoms. The van der Waals surface area contributed by atoms with Gasteiger partial charge in [-0.3, -0.25) is 4.79 Å². The maximum Gasteiger partial charge on any atom is 0.167 e. The van der Waals surface area contributed by atoms with Gasteiger partial charge >= 0.3 is 0 Å². The number of Topliss-reactive ketones (excluding diaryl/α,β-unsaturated/α-hetero) is 1. The summed E-state index contributed by atoms with van der Waals surface area (Å²) in [7, 11) is 0. The Hall–Kier alpha value is -2.87. The summed E-state index contributed by atoms with van der Waals surface area (Å²) in [4.78, 5) is 13.2. The zero-order chi connectivity index (χ0) is 20.5. The zero-order valence-corrected chi connectivity index (χ0v) is 17.8. The molecule has 0 N–H and O–H groups in total. The van der Waals surface area contributed by atoms with Crippen molar-refractivity contribution < 1.29 is 4.79 Å². The molecule has 0 atom stereocenters. The Labute approximate surface area is 173 Å². The lowest BCUT2D eigenvalue weighted by atomic mass is 9.95. The summed E-state index contributed by atoms with van der Waals surface area (Å²) in [6.07, 6.45) is 1.93. The molecular weight excluding hydrogens is 354 g/mol. The first-order valence-electron chi connectivity index (χ1n) is 10.6. The predicted octanol–water partition coefficient (Wildman–Crippen LogP) is 6.94. The first-order valence-corrected chi connectivity index (χ1v) is 10.6. The third kappa shape index (κ3) is 3.48. The van der Waals surface area contributed by atoms with Crippen LogP contribution in [0.5, 0.6) is 0 Å². The average molecular weight is 384 g/mol. The molecule has 0 radical (unpaired) electrons. The van der Waals surface area contributed by atoms with Crippen molar-refractivity contribution in [2.75, 3.05) is 0 Å². The van der Waals surface area contributed by atoms with Crippen LogP contribution in [0.15, 0.2) is 60.7 Å². The molecule has 0 aliphatic rings. The Kier molecular flexibility index (Phi) is 5.27. The first kappa shape index (κ1) is 19.4. The lowest BCUT2D eigenvalue weighted by molar-refractivity contribution is 0.0939. The van der Waals surface area contributed by atoms with Crippen molar-refractivity contribution in [3.63, 3.8) is 0 Å². The number of nitrogens with zero attached hydrogens (tertiary/aromatic N) is 1. The van der Waals surface area contributed by atoms with E-state index in [0.29, 0.717) is 0 Å². The summed E-state index contributed by atoms with van der Waals surface area (Å²) in [6.45, 7) is 9.10. The van der Waals surface area contributed by atoms with Crippen LogP contribution in [-0.4, -0.2) is 10.4 Å². The number of aryl methyl sites for hydroxylation is 1. The highest BCUT2D eigenvalue weighted by atomic mass is 16.1. The number of hydrogen-bond donors (Lipinski definition) is 0. The van der Waals surface area contributed by atoms with E-state index in [4.69, 9.17) is 0 Å². The van der Waals surface area contributed by atoms with Gasteiger partial charge in [0.1, 0.15) is 0 Å². The summed E-state index contributed by atoms with van der Waals surface area (Å²) in [5, 5.41) is 3.65. The lowest BCUT2D eigenvalue weighted by Gasteiger charge is -2.13. The van der Waals surface area contributed by atoms with Gasteiger partial charge in [-0.05, 0) is 47.4 Å². The zero-order valence-electron chi connectivity index (χ0n) is 17.8. The van der Waals surface area contributed by atoms with Gasteiger partial charge in [0.15, 0.2) is 5.78 Å². The number of benzene rings is 3. The molecule has 0 unspecified atom stereocenters. The molecule has 0 amide bonds. The third-order valence-electron chi connectivity index (χ3n) is 5.82. The fraction of sp³-hybridized carbons (Fsp3) is 0.296. The minimum Gasteiger partial charge on any atom is -0.339 e. The van der Waals surface area contributed by atoms with E-state index in [-0.39, 0.29) is 11.7 Å². The van der Waals surface area contributed by atoms with Crippen molar-refractivity contribution in [2.45, 2.75) is 47.1 Å². The van der Waals surface area contributed by atoms with Crippen LogP contribution >= 0.6 is 0 Å². The highest BCUT2D eigenvalue weighted by Gasteiger charge is 2.24. The van der Waals surface area contributed by atoms with Gasteiger partial charge in [0.25, 0.3) is 0 Å². The third-order valence-corrected chi connectivity index (χ3v) is 5.82. The fourth-order valence-corrected chi connectivity index (χ4v) is 4.38. The molecule has 4 aromatic rings. The van der Waals surface area contributed by atoms with E-state index < -0.39 is 0 Å². The minimum absolute atomic E-state index is 0.00932. The van der Waals surface area contributed by atoms with Crippen molar-refractivity contribution in [3.05, 3.63) is 83.0 Å². The minimum atomic E-state index is -0.00932. The van der Waals surface area contributed by atoms with Gasteiger partial charge in [0.05, 0.1) is 0 Å². The van der Waals surface area contributed by atoms with Crippen LogP contribution in [0.25, 0.3) is 21.7 Å². The van der Waals surface area contributed by atoms with Gasteiger partial charge in [-0.1, -0.05) is 75.7 Å². The quantitative estimate of drug-likeness (QED) is 0.330. The second-order valence-corrected chi connectivity index (χ2v) is 8.33. The maximum atomic E-state index is 13.2. The van der Waals surface area contributed by atoms with Gasteiger partial charge in [-0.25, -0.2) is 0 Å². The largest absolute Gasteiger partial charge is 0.339 e. The standard InChI is InChI=1S/C27H29NO/c1-5-9-23-26(27(29)18(2)3)25-19(4)10-8-13-24(25)28(23)17-20-14-15-21-11-6-7-12-22(21)16-20/h6-8,10-16,18H,5,9,17H2,1-4H3. The lowest BCUT2D eigenvalue weighted by Crippen LogP contribution is -2.12. The number of aromatic nitrogens is 1. The number of ketones is 1. The molecule has 1 aromatic heterocycles. The molecule has 29 heavy (non-hydrogen) atoms. The number of fused-ring (bicyclic) bond motifs is 2. The molecule has 3 aromatic carbocycles. The van der Waals surface area contributed by atoms with Gasteiger partial charge in [-0.2, -0.15) is 0 Å². The summed E-state index contributed by atoms with van der Waals surface area (Å²) in [5.74, 6) is 0.245. The summed E-state index contributed by atoms with van der Waals surface area (Å²) < 4.78 is 2.38. The molecule has 0 bridgehead atoms. The van der Waals surface area contributed by atoms with Crippen LogP contribution in [0.2, 0.25) is 0 Å². The molecule has 148 valence electrons. The smallest absolute Gasteiger partial charge is 0.167 e. The van der Waals surface area contributed by atoms with Crippen molar-refractivity contribution in [1.82, 2.24) is 4.57 Å². The average Bonchev–Trinajstić information content (AvgIpc) is 3.02. The Balaban J connectivity index is 1.93. The van der Waals surface area contributed by atoms with Crippen molar-refractivity contribution in [2.24, 2.45) is 5.92 Å². The Morgan fingerprint density at radius 1 is 0.966 bits per heavy atom. The second-order valence-electron chi connectivity index (χ2n) is 8.33. The van der Waals surface area contributed by atoms with Crippen LogP contribution in [0.3, 0.4) is 0 Å². The number of carbonyl (C=O) groups is 1. The summed E-state index contributed by atoms with van der Waals surface area (Å²) in [6, 6.07) is 21.5. The van der Waals surface area contributed by atoms with Crippen molar-refractivity contribution >= 4 is 27.5 Å². The molecule has 1 heterocycles. The molecule has 0 saturated carbocycles. The molecular formula is C27H29NO. The maximum absolute atomic E-state index is 13.2. The molecule has 2 nitrogen and oxygen atoms in total. The topological polar surface area (TPSA) is 22.0 Å². The van der Waals surface area contributed by atoms with E-state index >= 15 is 0 Å². The van der Waals surface area contributed by atoms with E-state index in [0.717, 1.165) is 30.3 Å². The van der Waals surface area contributed by atoms with Gasteiger partial charge in [0, 0.05) is 34.6 Å². The Morgan fingerprint density at radius 3 is 2.45 bits per heavy atom. The molecule has 2 heteroatoms. The van der Waals surface area contributed by atoms with Gasteiger partial charge in [-0.15, -0.1) is 0 Å². The molecule has 4 rings (SSSR count). The second kappa shape index (κ2) is 7.87. The molecule has 0 aliphatic heterocycles.